The Morgan fingerprint density at radius 3 is 2.55 bits per heavy atom. The van der Waals surface area contributed by atoms with Gasteiger partial charge in [-0.05, 0) is 55.3 Å². The second-order valence-electron chi connectivity index (χ2n) is 11.4. The number of anilines is 3. The average Bonchev–Trinajstić information content (AvgIpc) is 3.71. The molecule has 1 fully saturated rings. The van der Waals surface area contributed by atoms with E-state index in [-0.39, 0.29) is 23.5 Å². The third kappa shape index (κ3) is 7.53. The van der Waals surface area contributed by atoms with Crippen LogP contribution < -0.4 is 10.6 Å². The second-order valence-corrected chi connectivity index (χ2v) is 11.4. The first kappa shape index (κ1) is 32.0. The quantitative estimate of drug-likeness (QED) is 0.169. The van der Waals surface area contributed by atoms with Gasteiger partial charge in [0.25, 0.3) is 0 Å². The normalized spacial score (nSPS) is 13.9. The molecule has 0 unspecified atom stereocenters. The van der Waals surface area contributed by atoms with Gasteiger partial charge < -0.3 is 19.9 Å². The van der Waals surface area contributed by atoms with E-state index in [2.05, 4.69) is 30.5 Å². The Bertz CT molecular complexity index is 1860. The van der Waals surface area contributed by atoms with Gasteiger partial charge in [0, 0.05) is 74.2 Å². The Morgan fingerprint density at radius 2 is 1.79 bits per heavy atom. The lowest BCUT2D eigenvalue weighted by molar-refractivity contribution is -0.137. The van der Waals surface area contributed by atoms with E-state index in [1.807, 2.05) is 13.0 Å². The molecule has 2 aromatic carbocycles. The number of aromatic nitrogens is 5. The number of carbonyl (C=O) groups excluding carboxylic acids is 1. The number of nitrogens with zero attached hydrogens (tertiary/aromatic N) is 6. The minimum atomic E-state index is -4.59. The first-order valence-electron chi connectivity index (χ1n) is 15.3. The van der Waals surface area contributed by atoms with Gasteiger partial charge in [-0.15, -0.1) is 0 Å². The number of ketones is 1. The van der Waals surface area contributed by atoms with Crippen LogP contribution in [-0.2, 0) is 17.3 Å². The van der Waals surface area contributed by atoms with Crippen molar-refractivity contribution in [3.63, 3.8) is 0 Å². The van der Waals surface area contributed by atoms with Crippen molar-refractivity contribution >= 4 is 23.2 Å². The molecule has 3 aromatic heterocycles. The van der Waals surface area contributed by atoms with E-state index < -0.39 is 11.7 Å². The summed E-state index contributed by atoms with van der Waals surface area (Å²) in [4.78, 5) is 28.9. The summed E-state index contributed by atoms with van der Waals surface area (Å²) < 4.78 is 50.9. The van der Waals surface area contributed by atoms with Gasteiger partial charge in [-0.3, -0.25) is 14.3 Å². The fraction of sp³-hybridized carbons (Fsp3) is 0.294. The molecule has 4 heterocycles. The third-order valence-corrected chi connectivity index (χ3v) is 8.13. The minimum Gasteiger partial charge on any atom is -0.379 e. The maximum Gasteiger partial charge on any atom is 0.418 e. The molecular formula is C34H35F3N8O2. The fourth-order valence-corrected chi connectivity index (χ4v) is 5.53. The highest BCUT2D eigenvalue weighted by atomic mass is 19.4. The number of halogens is 3. The summed E-state index contributed by atoms with van der Waals surface area (Å²) in [5, 5.41) is 6.64. The molecule has 13 heteroatoms. The van der Waals surface area contributed by atoms with Crippen LogP contribution in [0.25, 0.3) is 11.5 Å². The molecule has 47 heavy (non-hydrogen) atoms. The zero-order valence-electron chi connectivity index (χ0n) is 26.1. The van der Waals surface area contributed by atoms with Gasteiger partial charge in [0.05, 0.1) is 24.5 Å². The Labute approximate surface area is 270 Å². The van der Waals surface area contributed by atoms with Gasteiger partial charge in [-0.2, -0.15) is 13.2 Å². The molecule has 2 N–H and O–H groups in total. The first-order chi connectivity index (χ1) is 22.7. The standard InChI is InChI=1S/C34H35F3N8O2/c1-23-5-7-26(30(46)19-25-6-8-29(27(18-25)34(35,36)37)44-11-3-4-24(44)2)20-28(23)42-33-39-10-13-45(33)32-21-31(40-22-41-32)38-9-12-43-14-16-47-17-15-43/h3-8,10-11,13,18,20-22H,9,12,14-17,19H2,1-2H3,(H,39,42)(H,38,40,41). The van der Waals surface area contributed by atoms with E-state index in [1.165, 1.54) is 17.0 Å². The van der Waals surface area contributed by atoms with Crippen molar-refractivity contribution in [2.45, 2.75) is 26.4 Å². The summed E-state index contributed by atoms with van der Waals surface area (Å²) in [5.41, 5.74) is 2.04. The SMILES string of the molecule is Cc1ccc(C(=O)Cc2ccc(-n3cccc3C)c(C(F)(F)F)c2)cc1Nc1nccn1-c1cc(NCCN2CCOCC2)ncn1. The van der Waals surface area contributed by atoms with Crippen LogP contribution in [0.5, 0.6) is 0 Å². The first-order valence-corrected chi connectivity index (χ1v) is 15.3. The number of benzene rings is 2. The summed E-state index contributed by atoms with van der Waals surface area (Å²) in [6.45, 7) is 8.54. The van der Waals surface area contributed by atoms with Crippen molar-refractivity contribution in [1.29, 1.82) is 0 Å². The number of carbonyl (C=O) groups is 1. The summed E-state index contributed by atoms with van der Waals surface area (Å²) in [7, 11) is 0. The van der Waals surface area contributed by atoms with Crippen molar-refractivity contribution in [2.24, 2.45) is 0 Å². The van der Waals surface area contributed by atoms with Crippen molar-refractivity contribution in [3.8, 4) is 11.5 Å². The average molecular weight is 645 g/mol. The zero-order chi connectivity index (χ0) is 33.0. The second kappa shape index (κ2) is 13.8. The maximum absolute atomic E-state index is 14.1. The van der Waals surface area contributed by atoms with Crippen LogP contribution >= 0.6 is 0 Å². The molecule has 0 radical (unpaired) electrons. The Hall–Kier alpha value is -5.01. The van der Waals surface area contributed by atoms with Crippen LogP contribution in [0.15, 0.2) is 79.5 Å². The summed E-state index contributed by atoms with van der Waals surface area (Å²) in [6.07, 6.45) is 1.70. The van der Waals surface area contributed by atoms with E-state index in [4.69, 9.17) is 4.74 Å². The number of Topliss-reactive ketones (excluding diaryl/α,β-unsaturated/α-hetero) is 1. The van der Waals surface area contributed by atoms with Crippen LogP contribution in [0.4, 0.5) is 30.6 Å². The number of ether oxygens (including phenoxy) is 1. The molecule has 244 valence electrons. The van der Waals surface area contributed by atoms with Gasteiger partial charge in [-0.1, -0.05) is 18.2 Å². The fourth-order valence-electron chi connectivity index (χ4n) is 5.53. The summed E-state index contributed by atoms with van der Waals surface area (Å²) in [5.74, 6) is 1.44. The Balaban J connectivity index is 1.16. The van der Waals surface area contributed by atoms with E-state index in [0.717, 1.165) is 51.0 Å². The number of imidazole rings is 1. The maximum atomic E-state index is 14.1. The topological polar surface area (TPSA) is 102 Å². The van der Waals surface area contributed by atoms with Crippen LogP contribution in [0.3, 0.4) is 0 Å². The van der Waals surface area contributed by atoms with E-state index in [9.17, 15) is 18.0 Å². The number of hydrogen-bond donors (Lipinski definition) is 2. The van der Waals surface area contributed by atoms with Gasteiger partial charge >= 0.3 is 6.18 Å². The van der Waals surface area contributed by atoms with Crippen molar-refractivity contribution in [3.05, 3.63) is 107 Å². The number of rotatable bonds is 11. The molecule has 0 saturated carbocycles. The van der Waals surface area contributed by atoms with Crippen molar-refractivity contribution < 1.29 is 22.7 Å². The van der Waals surface area contributed by atoms with Crippen LogP contribution in [-0.4, -0.2) is 74.2 Å². The molecule has 6 rings (SSSR count). The molecule has 0 aliphatic carbocycles. The largest absolute Gasteiger partial charge is 0.418 e. The lowest BCUT2D eigenvalue weighted by Crippen LogP contribution is -2.39. The van der Waals surface area contributed by atoms with E-state index in [1.54, 1.807) is 66.5 Å². The monoisotopic (exact) mass is 644 g/mol. The Kier molecular flexibility index (Phi) is 9.36. The highest BCUT2D eigenvalue weighted by Crippen LogP contribution is 2.35. The lowest BCUT2D eigenvalue weighted by Gasteiger charge is -2.26. The van der Waals surface area contributed by atoms with E-state index >= 15 is 0 Å². The van der Waals surface area contributed by atoms with E-state index in [0.29, 0.717) is 34.5 Å². The predicted molar refractivity (Wildman–Crippen MR) is 173 cm³/mol. The third-order valence-electron chi connectivity index (χ3n) is 8.13. The molecule has 0 bridgehead atoms. The summed E-state index contributed by atoms with van der Waals surface area (Å²) in [6, 6.07) is 14.5. The summed E-state index contributed by atoms with van der Waals surface area (Å²) >= 11 is 0. The predicted octanol–water partition coefficient (Wildman–Crippen LogP) is 6.00. The lowest BCUT2D eigenvalue weighted by atomic mass is 9.98. The minimum absolute atomic E-state index is 0.0214. The van der Waals surface area contributed by atoms with Gasteiger partial charge in [0.15, 0.2) is 5.78 Å². The van der Waals surface area contributed by atoms with Crippen molar-refractivity contribution in [2.75, 3.05) is 50.0 Å². The van der Waals surface area contributed by atoms with Crippen LogP contribution in [0, 0.1) is 13.8 Å². The number of morpholine rings is 1. The van der Waals surface area contributed by atoms with Crippen molar-refractivity contribution in [1.82, 2.24) is 29.0 Å². The van der Waals surface area contributed by atoms with Crippen LogP contribution in [0.2, 0.25) is 0 Å². The molecule has 0 atom stereocenters. The molecule has 0 amide bonds. The highest BCUT2D eigenvalue weighted by molar-refractivity contribution is 5.98. The molecule has 10 nitrogen and oxygen atoms in total. The van der Waals surface area contributed by atoms with Crippen LogP contribution in [0.1, 0.15) is 32.7 Å². The Morgan fingerprint density at radius 1 is 0.957 bits per heavy atom. The van der Waals surface area contributed by atoms with Gasteiger partial charge in [0.1, 0.15) is 18.0 Å². The van der Waals surface area contributed by atoms with Gasteiger partial charge in [-0.25, -0.2) is 15.0 Å². The number of nitrogens with one attached hydrogen (secondary N) is 2. The molecule has 1 aliphatic rings. The highest BCUT2D eigenvalue weighted by Gasteiger charge is 2.34. The molecule has 5 aromatic rings. The zero-order valence-corrected chi connectivity index (χ0v) is 26.1. The smallest absolute Gasteiger partial charge is 0.379 e. The molecular weight excluding hydrogens is 609 g/mol. The number of hydrogen-bond acceptors (Lipinski definition) is 8. The molecule has 1 aliphatic heterocycles. The molecule has 1 saturated heterocycles. The number of alkyl halides is 3. The number of aryl methyl sites for hydroxylation is 2. The van der Waals surface area contributed by atoms with Gasteiger partial charge in [0.2, 0.25) is 5.95 Å². The molecule has 0 spiro atoms.